The topological polar surface area (TPSA) is 74.5 Å². The number of fused-ring (bicyclic) bond motifs is 1. The zero-order valence-electron chi connectivity index (χ0n) is 9.91. The Labute approximate surface area is 109 Å². The predicted molar refractivity (Wildman–Crippen MR) is 71.8 cm³/mol. The van der Waals surface area contributed by atoms with E-state index in [1.54, 1.807) is 12.4 Å². The van der Waals surface area contributed by atoms with Crippen LogP contribution in [0, 0.1) is 11.3 Å². The van der Waals surface area contributed by atoms with Gasteiger partial charge in [0.15, 0.2) is 5.69 Å². The Morgan fingerprint density at radius 2 is 2.00 bits per heavy atom. The second-order valence-electron chi connectivity index (χ2n) is 3.93. The van der Waals surface area contributed by atoms with E-state index in [1.807, 2.05) is 36.5 Å². The molecule has 1 aromatic carbocycles. The first-order chi connectivity index (χ1) is 9.36. The standard InChI is InChI=1S/C14H9N5/c15-6-11-8-18-14(9-17-11)19-13-3-1-2-10-7-16-5-4-12(10)13/h1-5,7-9H,(H,18,19). The van der Waals surface area contributed by atoms with Gasteiger partial charge in [0.2, 0.25) is 0 Å². The van der Waals surface area contributed by atoms with Crippen molar-refractivity contribution in [2.45, 2.75) is 0 Å². The number of nitriles is 1. The molecular weight excluding hydrogens is 238 g/mol. The average molecular weight is 247 g/mol. The maximum absolute atomic E-state index is 8.68. The zero-order valence-corrected chi connectivity index (χ0v) is 9.91. The third-order valence-electron chi connectivity index (χ3n) is 2.71. The van der Waals surface area contributed by atoms with Gasteiger partial charge in [-0.2, -0.15) is 5.26 Å². The van der Waals surface area contributed by atoms with Crippen LogP contribution in [0.1, 0.15) is 5.69 Å². The van der Waals surface area contributed by atoms with Gasteiger partial charge in [0.1, 0.15) is 11.9 Å². The molecule has 0 saturated carbocycles. The third kappa shape index (κ3) is 2.19. The number of aromatic nitrogens is 3. The fourth-order valence-electron chi connectivity index (χ4n) is 1.82. The molecule has 0 radical (unpaired) electrons. The van der Waals surface area contributed by atoms with Gasteiger partial charge in [-0.15, -0.1) is 0 Å². The summed E-state index contributed by atoms with van der Waals surface area (Å²) < 4.78 is 0. The Balaban J connectivity index is 1.99. The van der Waals surface area contributed by atoms with E-state index in [-0.39, 0.29) is 0 Å². The van der Waals surface area contributed by atoms with E-state index in [4.69, 9.17) is 5.26 Å². The van der Waals surface area contributed by atoms with E-state index in [1.165, 1.54) is 6.20 Å². The quantitative estimate of drug-likeness (QED) is 0.753. The molecule has 5 heteroatoms. The highest BCUT2D eigenvalue weighted by Crippen LogP contribution is 2.24. The Bertz CT molecular complexity index is 753. The van der Waals surface area contributed by atoms with Crippen LogP contribution in [0.3, 0.4) is 0 Å². The monoisotopic (exact) mass is 247 g/mol. The van der Waals surface area contributed by atoms with Crippen molar-refractivity contribution < 1.29 is 0 Å². The van der Waals surface area contributed by atoms with Crippen molar-refractivity contribution in [3.8, 4) is 6.07 Å². The summed E-state index contributed by atoms with van der Waals surface area (Å²) in [5.41, 5.74) is 1.23. The normalized spacial score (nSPS) is 10.1. The Kier molecular flexibility index (Phi) is 2.75. The number of hydrogen-bond donors (Lipinski definition) is 1. The molecule has 0 amide bonds. The summed E-state index contributed by atoms with van der Waals surface area (Å²) in [6, 6.07) is 9.78. The van der Waals surface area contributed by atoms with Crippen LogP contribution in [0.2, 0.25) is 0 Å². The molecule has 2 aromatic heterocycles. The second-order valence-corrected chi connectivity index (χ2v) is 3.93. The number of rotatable bonds is 2. The number of anilines is 2. The molecule has 0 spiro atoms. The summed E-state index contributed by atoms with van der Waals surface area (Å²) in [6.07, 6.45) is 6.54. The third-order valence-corrected chi connectivity index (χ3v) is 2.71. The van der Waals surface area contributed by atoms with Crippen molar-refractivity contribution in [2.24, 2.45) is 0 Å². The SMILES string of the molecule is N#Cc1cnc(Nc2cccc3cnccc23)cn1. The molecule has 0 unspecified atom stereocenters. The number of benzene rings is 1. The molecule has 1 N–H and O–H groups in total. The summed E-state index contributed by atoms with van der Waals surface area (Å²) in [6.45, 7) is 0. The van der Waals surface area contributed by atoms with Gasteiger partial charge >= 0.3 is 0 Å². The first-order valence-corrected chi connectivity index (χ1v) is 5.69. The highest BCUT2D eigenvalue weighted by molar-refractivity contribution is 5.94. The Morgan fingerprint density at radius 1 is 1.05 bits per heavy atom. The maximum atomic E-state index is 8.68. The molecule has 5 nitrogen and oxygen atoms in total. The Hall–Kier alpha value is -3.00. The predicted octanol–water partition coefficient (Wildman–Crippen LogP) is 2.64. The van der Waals surface area contributed by atoms with Crippen molar-refractivity contribution in [3.05, 3.63) is 54.7 Å². The van der Waals surface area contributed by atoms with Gasteiger partial charge in [0, 0.05) is 28.9 Å². The first-order valence-electron chi connectivity index (χ1n) is 5.69. The molecule has 90 valence electrons. The second kappa shape index (κ2) is 4.70. The van der Waals surface area contributed by atoms with Crippen LogP contribution in [0.25, 0.3) is 10.8 Å². The van der Waals surface area contributed by atoms with Crippen molar-refractivity contribution in [2.75, 3.05) is 5.32 Å². The first kappa shape index (κ1) is 11.1. The number of hydrogen-bond acceptors (Lipinski definition) is 5. The lowest BCUT2D eigenvalue weighted by Gasteiger charge is -2.08. The smallest absolute Gasteiger partial charge is 0.158 e. The minimum atomic E-state index is 0.299. The summed E-state index contributed by atoms with van der Waals surface area (Å²) in [7, 11) is 0. The van der Waals surface area contributed by atoms with E-state index >= 15 is 0 Å². The molecule has 3 rings (SSSR count). The number of nitrogens with one attached hydrogen (secondary N) is 1. The highest BCUT2D eigenvalue weighted by atomic mass is 15.0. The maximum Gasteiger partial charge on any atom is 0.158 e. The van der Waals surface area contributed by atoms with Crippen LogP contribution in [-0.2, 0) is 0 Å². The lowest BCUT2D eigenvalue weighted by atomic mass is 10.1. The van der Waals surface area contributed by atoms with Crippen molar-refractivity contribution in [1.82, 2.24) is 15.0 Å². The molecule has 0 saturated heterocycles. The molecule has 0 aliphatic heterocycles. The number of pyridine rings is 1. The van der Waals surface area contributed by atoms with Crippen LogP contribution >= 0.6 is 0 Å². The van der Waals surface area contributed by atoms with E-state index < -0.39 is 0 Å². The van der Waals surface area contributed by atoms with Crippen molar-refractivity contribution in [1.29, 1.82) is 5.26 Å². The Morgan fingerprint density at radius 3 is 2.79 bits per heavy atom. The van der Waals surface area contributed by atoms with Crippen molar-refractivity contribution >= 4 is 22.3 Å². The number of nitrogens with zero attached hydrogens (tertiary/aromatic N) is 4. The summed E-state index contributed by atoms with van der Waals surface area (Å²) in [4.78, 5) is 12.2. The van der Waals surface area contributed by atoms with Gasteiger partial charge in [-0.05, 0) is 12.1 Å². The molecule has 3 aromatic rings. The molecule has 0 aliphatic rings. The molecule has 0 bridgehead atoms. The van der Waals surface area contributed by atoms with E-state index in [9.17, 15) is 0 Å². The lowest BCUT2D eigenvalue weighted by Crippen LogP contribution is -1.96. The summed E-state index contributed by atoms with van der Waals surface area (Å²) in [5, 5.41) is 14.0. The minimum absolute atomic E-state index is 0.299. The van der Waals surface area contributed by atoms with Gasteiger partial charge in [0.05, 0.1) is 12.4 Å². The van der Waals surface area contributed by atoms with E-state index in [0.29, 0.717) is 11.5 Å². The molecule has 0 aliphatic carbocycles. The molecular formula is C14H9N5. The fraction of sp³-hybridized carbons (Fsp3) is 0. The molecule has 0 fully saturated rings. The van der Waals surface area contributed by atoms with Gasteiger partial charge < -0.3 is 5.32 Å². The zero-order chi connectivity index (χ0) is 13.1. The van der Waals surface area contributed by atoms with Crippen LogP contribution in [0.5, 0.6) is 0 Å². The van der Waals surface area contributed by atoms with Gasteiger partial charge in [-0.3, -0.25) is 4.98 Å². The van der Waals surface area contributed by atoms with Crippen LogP contribution in [0.4, 0.5) is 11.5 Å². The molecule has 19 heavy (non-hydrogen) atoms. The highest BCUT2D eigenvalue weighted by Gasteiger charge is 2.02. The average Bonchev–Trinajstić information content (AvgIpc) is 2.48. The van der Waals surface area contributed by atoms with Crippen LogP contribution in [0.15, 0.2) is 49.1 Å². The molecule has 2 heterocycles. The van der Waals surface area contributed by atoms with E-state index in [2.05, 4.69) is 20.3 Å². The van der Waals surface area contributed by atoms with Crippen LogP contribution in [-0.4, -0.2) is 15.0 Å². The van der Waals surface area contributed by atoms with Gasteiger partial charge in [-0.25, -0.2) is 9.97 Å². The minimum Gasteiger partial charge on any atom is -0.338 e. The molecule has 0 atom stereocenters. The lowest BCUT2D eigenvalue weighted by molar-refractivity contribution is 1.16. The summed E-state index contributed by atoms with van der Waals surface area (Å²) in [5.74, 6) is 0.600. The van der Waals surface area contributed by atoms with Gasteiger partial charge in [-0.1, -0.05) is 12.1 Å². The van der Waals surface area contributed by atoms with E-state index in [0.717, 1.165) is 16.5 Å². The fourth-order valence-corrected chi connectivity index (χ4v) is 1.82. The summed E-state index contributed by atoms with van der Waals surface area (Å²) >= 11 is 0. The largest absolute Gasteiger partial charge is 0.338 e. The van der Waals surface area contributed by atoms with Crippen LogP contribution < -0.4 is 5.32 Å². The van der Waals surface area contributed by atoms with Gasteiger partial charge in [0.25, 0.3) is 0 Å². The van der Waals surface area contributed by atoms with Crippen molar-refractivity contribution in [3.63, 3.8) is 0 Å².